The molecule has 6 nitrogen and oxygen atoms in total. The lowest BCUT2D eigenvalue weighted by atomic mass is 9.39. The van der Waals surface area contributed by atoms with Gasteiger partial charge in [0, 0.05) is 18.4 Å². The number of aliphatic hydroxyl groups excluding tert-OH is 5. The molecule has 4 rings (SSSR count). The fourth-order valence-electron chi connectivity index (χ4n) is 7.50. The second-order valence-electron chi connectivity index (χ2n) is 9.69. The fourth-order valence-corrected chi connectivity index (χ4v) is 7.50. The number of ketones is 1. The Morgan fingerprint density at radius 3 is 2.38 bits per heavy atom. The normalized spacial score (nSPS) is 59.1. The van der Waals surface area contributed by atoms with Crippen LogP contribution >= 0.6 is 0 Å². The van der Waals surface area contributed by atoms with Crippen LogP contribution in [0.25, 0.3) is 0 Å². The van der Waals surface area contributed by atoms with Crippen LogP contribution < -0.4 is 0 Å². The van der Waals surface area contributed by atoms with Crippen LogP contribution in [-0.4, -0.2) is 62.3 Å². The highest BCUT2D eigenvalue weighted by Gasteiger charge is 2.77. The maximum Gasteiger partial charge on any atom is 0.170 e. The molecule has 26 heavy (non-hydrogen) atoms. The standard InChI is InChI=1S/C20H30O6/c1-9-12-13(23)14(24)15-19(3)6-4-5-18(2,8-21)10(19)7-11(22)20(15,16(9)25)17(12)26/h10-15,17,21-24,26H,1,4-8H2,2-3H3. The zero-order valence-corrected chi connectivity index (χ0v) is 15.4. The van der Waals surface area contributed by atoms with E-state index in [0.717, 1.165) is 12.8 Å². The Hall–Kier alpha value is -0.790. The highest BCUT2D eigenvalue weighted by atomic mass is 16.3. The van der Waals surface area contributed by atoms with E-state index in [9.17, 15) is 30.3 Å². The average Bonchev–Trinajstić information content (AvgIpc) is 2.74. The molecular formula is C20H30O6. The lowest BCUT2D eigenvalue weighted by Gasteiger charge is -2.66. The summed E-state index contributed by atoms with van der Waals surface area (Å²) in [5.41, 5.74) is -2.42. The lowest BCUT2D eigenvalue weighted by molar-refractivity contribution is -0.273. The molecule has 0 amide bonds. The quantitative estimate of drug-likeness (QED) is 0.417. The van der Waals surface area contributed by atoms with Crippen molar-refractivity contribution in [2.24, 2.45) is 34.0 Å². The number of aliphatic hydroxyl groups is 5. The van der Waals surface area contributed by atoms with Gasteiger partial charge in [-0.05, 0) is 41.6 Å². The number of fused-ring (bicyclic) bond motifs is 3. The van der Waals surface area contributed by atoms with Gasteiger partial charge in [-0.15, -0.1) is 0 Å². The molecule has 1 spiro atoms. The van der Waals surface area contributed by atoms with Gasteiger partial charge >= 0.3 is 0 Å². The summed E-state index contributed by atoms with van der Waals surface area (Å²) in [5, 5.41) is 53.9. The van der Waals surface area contributed by atoms with Crippen molar-refractivity contribution in [3.8, 4) is 0 Å². The van der Waals surface area contributed by atoms with Gasteiger partial charge in [0.1, 0.15) is 0 Å². The molecule has 0 radical (unpaired) electrons. The summed E-state index contributed by atoms with van der Waals surface area (Å²) >= 11 is 0. The molecule has 2 bridgehead atoms. The Morgan fingerprint density at radius 2 is 1.77 bits per heavy atom. The van der Waals surface area contributed by atoms with Gasteiger partial charge in [-0.3, -0.25) is 4.79 Å². The minimum absolute atomic E-state index is 0.0375. The molecule has 10 unspecified atom stereocenters. The van der Waals surface area contributed by atoms with E-state index in [2.05, 4.69) is 6.58 Å². The topological polar surface area (TPSA) is 118 Å². The highest BCUT2D eigenvalue weighted by Crippen LogP contribution is 2.70. The number of carbonyl (C=O) groups is 1. The van der Waals surface area contributed by atoms with Crippen molar-refractivity contribution in [3.05, 3.63) is 12.2 Å². The van der Waals surface area contributed by atoms with E-state index in [0.29, 0.717) is 6.42 Å². The third-order valence-corrected chi connectivity index (χ3v) is 8.67. The molecule has 146 valence electrons. The lowest BCUT2D eigenvalue weighted by Crippen LogP contribution is -2.72. The fraction of sp³-hybridized carbons (Fsp3) is 0.850. The van der Waals surface area contributed by atoms with Crippen LogP contribution in [0.3, 0.4) is 0 Å². The Bertz CT molecular complexity index is 663. The molecule has 0 saturated heterocycles. The Morgan fingerprint density at radius 1 is 1.12 bits per heavy atom. The van der Waals surface area contributed by atoms with Crippen molar-refractivity contribution < 1.29 is 30.3 Å². The second-order valence-corrected chi connectivity index (χ2v) is 9.69. The van der Waals surface area contributed by atoms with Crippen LogP contribution in [0.2, 0.25) is 0 Å². The number of carbonyl (C=O) groups excluding carboxylic acids is 1. The van der Waals surface area contributed by atoms with Gasteiger partial charge < -0.3 is 25.5 Å². The molecule has 0 aromatic heterocycles. The van der Waals surface area contributed by atoms with Crippen LogP contribution in [0.15, 0.2) is 12.2 Å². The number of rotatable bonds is 1. The van der Waals surface area contributed by atoms with Crippen molar-refractivity contribution in [1.29, 1.82) is 0 Å². The molecule has 10 atom stereocenters. The molecule has 4 saturated carbocycles. The van der Waals surface area contributed by atoms with Gasteiger partial charge in [-0.25, -0.2) is 0 Å². The van der Waals surface area contributed by atoms with Crippen LogP contribution in [0.4, 0.5) is 0 Å². The first kappa shape index (κ1) is 18.6. The third-order valence-electron chi connectivity index (χ3n) is 8.67. The van der Waals surface area contributed by atoms with E-state index < -0.39 is 58.3 Å². The van der Waals surface area contributed by atoms with Gasteiger partial charge in [-0.1, -0.05) is 26.8 Å². The number of hydrogen-bond donors (Lipinski definition) is 5. The van der Waals surface area contributed by atoms with Gasteiger partial charge in [0.2, 0.25) is 0 Å². The van der Waals surface area contributed by atoms with Crippen molar-refractivity contribution in [1.82, 2.24) is 0 Å². The van der Waals surface area contributed by atoms with E-state index in [1.807, 2.05) is 13.8 Å². The zero-order chi connectivity index (χ0) is 19.2. The largest absolute Gasteiger partial charge is 0.396 e. The Balaban J connectivity index is 1.93. The minimum atomic E-state index is -1.51. The molecule has 0 aromatic rings. The maximum absolute atomic E-state index is 13.2. The summed E-state index contributed by atoms with van der Waals surface area (Å²) in [5.74, 6) is -2.25. The molecule has 5 N–H and O–H groups in total. The second kappa shape index (κ2) is 5.39. The predicted octanol–water partition coefficient (Wildman–Crippen LogP) is 0.01000. The molecule has 4 aliphatic rings. The van der Waals surface area contributed by atoms with E-state index in [-0.39, 0.29) is 24.5 Å². The predicted molar refractivity (Wildman–Crippen MR) is 92.8 cm³/mol. The summed E-state index contributed by atoms with van der Waals surface area (Å²) in [6, 6.07) is 0. The van der Waals surface area contributed by atoms with E-state index >= 15 is 0 Å². The van der Waals surface area contributed by atoms with Gasteiger partial charge in [0.15, 0.2) is 5.78 Å². The number of hydrogen-bond acceptors (Lipinski definition) is 6. The van der Waals surface area contributed by atoms with Gasteiger partial charge in [0.25, 0.3) is 0 Å². The highest BCUT2D eigenvalue weighted by molar-refractivity contribution is 6.04. The van der Waals surface area contributed by atoms with Crippen LogP contribution in [0.5, 0.6) is 0 Å². The van der Waals surface area contributed by atoms with Crippen LogP contribution in [0, 0.1) is 34.0 Å². The van der Waals surface area contributed by atoms with Crippen molar-refractivity contribution in [2.75, 3.05) is 6.61 Å². The zero-order valence-electron chi connectivity index (χ0n) is 15.4. The first-order chi connectivity index (χ1) is 12.1. The first-order valence-corrected chi connectivity index (χ1v) is 9.64. The summed E-state index contributed by atoms with van der Waals surface area (Å²) in [6.07, 6.45) is -2.27. The monoisotopic (exact) mass is 366 g/mol. The maximum atomic E-state index is 13.2. The minimum Gasteiger partial charge on any atom is -0.396 e. The molecule has 4 fully saturated rings. The third kappa shape index (κ3) is 1.78. The summed E-state index contributed by atoms with van der Waals surface area (Å²) in [7, 11) is 0. The first-order valence-electron chi connectivity index (χ1n) is 9.64. The average molecular weight is 366 g/mol. The molecule has 0 aromatic carbocycles. The van der Waals surface area contributed by atoms with E-state index in [1.54, 1.807) is 0 Å². The van der Waals surface area contributed by atoms with Crippen molar-refractivity contribution in [3.63, 3.8) is 0 Å². The van der Waals surface area contributed by atoms with Crippen molar-refractivity contribution in [2.45, 2.75) is 63.9 Å². The van der Waals surface area contributed by atoms with Crippen LogP contribution in [0.1, 0.15) is 39.5 Å². The van der Waals surface area contributed by atoms with Crippen LogP contribution in [-0.2, 0) is 4.79 Å². The molecule has 6 heteroatoms. The van der Waals surface area contributed by atoms with Gasteiger partial charge in [-0.2, -0.15) is 0 Å². The summed E-state index contributed by atoms with van der Waals surface area (Å²) in [4.78, 5) is 13.2. The summed E-state index contributed by atoms with van der Waals surface area (Å²) in [6.45, 7) is 7.71. The number of Topliss-reactive ketones (excluding diaryl/α,β-unsaturated/α-hetero) is 1. The molecule has 4 aliphatic carbocycles. The van der Waals surface area contributed by atoms with E-state index in [1.165, 1.54) is 0 Å². The molecular weight excluding hydrogens is 336 g/mol. The van der Waals surface area contributed by atoms with Crippen molar-refractivity contribution >= 4 is 5.78 Å². The summed E-state index contributed by atoms with van der Waals surface area (Å²) < 4.78 is 0. The molecule has 0 aliphatic heterocycles. The molecule has 0 heterocycles. The SMILES string of the molecule is C=C1C(=O)C23C(O)CC4C(C)(CO)CCCC4(C)C2C(O)C(O)C1C3O. The smallest absolute Gasteiger partial charge is 0.170 e. The van der Waals surface area contributed by atoms with E-state index in [4.69, 9.17) is 0 Å². The van der Waals surface area contributed by atoms with Gasteiger partial charge in [0.05, 0.1) is 29.8 Å². The Kier molecular flexibility index (Phi) is 3.85. The Labute approximate surface area is 153 Å².